The predicted molar refractivity (Wildman–Crippen MR) is 60.5 cm³/mol. The Balaban J connectivity index is 3.29. The van der Waals surface area contributed by atoms with Crippen molar-refractivity contribution < 1.29 is 0 Å². The van der Waals surface area contributed by atoms with Gasteiger partial charge in [0.25, 0.3) is 0 Å². The monoisotopic (exact) mass is 276 g/mol. The fourth-order valence-corrected chi connectivity index (χ4v) is 2.29. The SMILES string of the molecule is ClCc1c(Cl)cc(Cl)cc1C(Cl)Cl. The Kier molecular flexibility index (Phi) is 4.47. The van der Waals surface area contributed by atoms with Crippen LogP contribution in [0.2, 0.25) is 10.0 Å². The summed E-state index contributed by atoms with van der Waals surface area (Å²) in [5.74, 6) is 0.265. The summed E-state index contributed by atoms with van der Waals surface area (Å²) in [5.41, 5.74) is 1.39. The molecule has 0 nitrogen and oxygen atoms in total. The highest BCUT2D eigenvalue weighted by Gasteiger charge is 2.13. The van der Waals surface area contributed by atoms with Crippen LogP contribution in [-0.4, -0.2) is 0 Å². The first kappa shape index (κ1) is 11.7. The van der Waals surface area contributed by atoms with Crippen molar-refractivity contribution in [3.63, 3.8) is 0 Å². The third kappa shape index (κ3) is 2.81. The van der Waals surface area contributed by atoms with E-state index in [0.717, 1.165) is 5.56 Å². The van der Waals surface area contributed by atoms with Gasteiger partial charge in [-0.15, -0.1) is 34.8 Å². The summed E-state index contributed by atoms with van der Waals surface area (Å²) in [6.45, 7) is 0. The molecule has 0 fully saturated rings. The van der Waals surface area contributed by atoms with E-state index in [1.165, 1.54) is 0 Å². The summed E-state index contributed by atoms with van der Waals surface area (Å²) in [4.78, 5) is -0.662. The summed E-state index contributed by atoms with van der Waals surface area (Å²) in [5, 5.41) is 0.990. The van der Waals surface area contributed by atoms with Gasteiger partial charge in [0.05, 0.1) is 0 Å². The van der Waals surface area contributed by atoms with Gasteiger partial charge >= 0.3 is 0 Å². The van der Waals surface area contributed by atoms with Crippen LogP contribution in [-0.2, 0) is 5.88 Å². The molecular formula is C8H5Cl5. The third-order valence-electron chi connectivity index (χ3n) is 1.56. The lowest BCUT2D eigenvalue weighted by molar-refractivity contribution is 1.24. The van der Waals surface area contributed by atoms with Gasteiger partial charge in [0, 0.05) is 15.9 Å². The first-order valence-corrected chi connectivity index (χ1v) is 5.54. The molecule has 0 N–H and O–H groups in total. The third-order valence-corrected chi connectivity index (χ3v) is 2.86. The summed E-state index contributed by atoms with van der Waals surface area (Å²) in [6.07, 6.45) is 0. The minimum Gasteiger partial charge on any atom is -0.121 e. The Bertz CT molecular complexity index is 308. The van der Waals surface area contributed by atoms with E-state index in [1.54, 1.807) is 12.1 Å². The molecule has 1 rings (SSSR count). The van der Waals surface area contributed by atoms with Crippen LogP contribution in [0.15, 0.2) is 12.1 Å². The lowest BCUT2D eigenvalue weighted by atomic mass is 10.1. The van der Waals surface area contributed by atoms with Gasteiger partial charge in [-0.25, -0.2) is 0 Å². The molecule has 0 saturated heterocycles. The number of halogens is 5. The minimum absolute atomic E-state index is 0.265. The number of rotatable bonds is 2. The quantitative estimate of drug-likeness (QED) is 0.652. The fourth-order valence-electron chi connectivity index (χ4n) is 0.959. The van der Waals surface area contributed by atoms with E-state index in [1.807, 2.05) is 0 Å². The normalized spacial score (nSPS) is 10.9. The Hall–Kier alpha value is 0.670. The predicted octanol–water partition coefficient (Wildman–Crippen LogP) is 5.21. The molecule has 0 aliphatic carbocycles. The largest absolute Gasteiger partial charge is 0.133 e. The van der Waals surface area contributed by atoms with Crippen molar-refractivity contribution in [1.82, 2.24) is 0 Å². The summed E-state index contributed by atoms with van der Waals surface area (Å²) >= 11 is 28.8. The van der Waals surface area contributed by atoms with E-state index in [0.29, 0.717) is 15.6 Å². The molecule has 5 heteroatoms. The molecule has 0 bridgehead atoms. The van der Waals surface area contributed by atoms with E-state index in [9.17, 15) is 0 Å². The zero-order valence-corrected chi connectivity index (χ0v) is 10.1. The Morgan fingerprint density at radius 1 is 1.15 bits per heavy atom. The maximum Gasteiger partial charge on any atom is 0.133 e. The van der Waals surface area contributed by atoms with Gasteiger partial charge in [-0.05, 0) is 23.3 Å². The maximum atomic E-state index is 5.89. The molecule has 1 aromatic rings. The van der Waals surface area contributed by atoms with Crippen molar-refractivity contribution in [3.05, 3.63) is 33.3 Å². The van der Waals surface area contributed by atoms with Gasteiger partial charge in [-0.2, -0.15) is 0 Å². The molecule has 0 aliphatic heterocycles. The number of hydrogen-bond acceptors (Lipinski definition) is 0. The zero-order chi connectivity index (χ0) is 10.0. The molecule has 0 atom stereocenters. The average molecular weight is 278 g/mol. The molecule has 0 amide bonds. The lowest BCUT2D eigenvalue weighted by Crippen LogP contribution is -1.92. The highest BCUT2D eigenvalue weighted by atomic mass is 35.5. The lowest BCUT2D eigenvalue weighted by Gasteiger charge is -2.10. The van der Waals surface area contributed by atoms with Crippen molar-refractivity contribution >= 4 is 58.0 Å². The van der Waals surface area contributed by atoms with Crippen LogP contribution in [0.5, 0.6) is 0 Å². The van der Waals surface area contributed by atoms with Crippen LogP contribution in [0.3, 0.4) is 0 Å². The summed E-state index contributed by atoms with van der Waals surface area (Å²) < 4.78 is 0. The molecule has 1 aromatic carbocycles. The van der Waals surface area contributed by atoms with Crippen molar-refractivity contribution in [1.29, 1.82) is 0 Å². The van der Waals surface area contributed by atoms with Crippen molar-refractivity contribution in [3.8, 4) is 0 Å². The Labute approximate surface area is 102 Å². The second-order valence-corrected chi connectivity index (χ2v) is 4.60. The fraction of sp³-hybridized carbons (Fsp3) is 0.250. The van der Waals surface area contributed by atoms with Crippen LogP contribution in [0, 0.1) is 0 Å². The van der Waals surface area contributed by atoms with Gasteiger partial charge in [0.2, 0.25) is 0 Å². The molecule has 0 aliphatic rings. The molecule has 0 aromatic heterocycles. The van der Waals surface area contributed by atoms with E-state index in [2.05, 4.69) is 0 Å². The zero-order valence-electron chi connectivity index (χ0n) is 6.33. The van der Waals surface area contributed by atoms with Crippen LogP contribution in [0.25, 0.3) is 0 Å². The van der Waals surface area contributed by atoms with Crippen LogP contribution in [0.4, 0.5) is 0 Å². The van der Waals surface area contributed by atoms with Crippen LogP contribution < -0.4 is 0 Å². The number of alkyl halides is 3. The number of benzene rings is 1. The highest BCUT2D eigenvalue weighted by Crippen LogP contribution is 2.35. The molecule has 0 spiro atoms. The van der Waals surface area contributed by atoms with Gasteiger partial charge in [-0.3, -0.25) is 0 Å². The van der Waals surface area contributed by atoms with E-state index in [4.69, 9.17) is 58.0 Å². The van der Waals surface area contributed by atoms with E-state index < -0.39 is 4.84 Å². The topological polar surface area (TPSA) is 0 Å². The molecule has 13 heavy (non-hydrogen) atoms. The first-order valence-electron chi connectivity index (χ1n) is 3.38. The highest BCUT2D eigenvalue weighted by molar-refractivity contribution is 6.44. The molecule has 0 unspecified atom stereocenters. The summed E-state index contributed by atoms with van der Waals surface area (Å²) in [7, 11) is 0. The van der Waals surface area contributed by atoms with Crippen LogP contribution in [0.1, 0.15) is 16.0 Å². The van der Waals surface area contributed by atoms with Gasteiger partial charge in [0.15, 0.2) is 0 Å². The molecule has 0 heterocycles. The smallest absolute Gasteiger partial charge is 0.121 e. The minimum atomic E-state index is -0.662. The number of hydrogen-bond donors (Lipinski definition) is 0. The average Bonchev–Trinajstić information content (AvgIpc) is 2.02. The summed E-state index contributed by atoms with van der Waals surface area (Å²) in [6, 6.07) is 3.27. The van der Waals surface area contributed by atoms with E-state index in [-0.39, 0.29) is 5.88 Å². The van der Waals surface area contributed by atoms with Crippen molar-refractivity contribution in [2.24, 2.45) is 0 Å². The molecular weight excluding hydrogens is 273 g/mol. The standard InChI is InChI=1S/C8H5Cl5/c9-3-6-5(8(12)13)1-4(10)2-7(6)11/h1-2,8H,3H2. The molecule has 72 valence electrons. The van der Waals surface area contributed by atoms with Gasteiger partial charge in [0.1, 0.15) is 4.84 Å². The van der Waals surface area contributed by atoms with Crippen molar-refractivity contribution in [2.45, 2.75) is 10.7 Å². The second kappa shape index (κ2) is 4.95. The molecule has 0 saturated carbocycles. The van der Waals surface area contributed by atoms with Gasteiger partial charge in [-0.1, -0.05) is 23.2 Å². The Morgan fingerprint density at radius 2 is 1.77 bits per heavy atom. The van der Waals surface area contributed by atoms with Crippen molar-refractivity contribution in [2.75, 3.05) is 0 Å². The van der Waals surface area contributed by atoms with Crippen LogP contribution >= 0.6 is 58.0 Å². The maximum absolute atomic E-state index is 5.89. The molecule has 0 radical (unpaired) electrons. The first-order chi connectivity index (χ1) is 6.06. The van der Waals surface area contributed by atoms with E-state index >= 15 is 0 Å². The Morgan fingerprint density at radius 3 is 2.23 bits per heavy atom. The second-order valence-electron chi connectivity index (χ2n) is 2.39. The van der Waals surface area contributed by atoms with Gasteiger partial charge < -0.3 is 0 Å².